The number of amides is 1. The van der Waals surface area contributed by atoms with Gasteiger partial charge in [-0.1, -0.05) is 6.07 Å². The molecule has 0 atom stereocenters. The molecule has 1 aromatic carbocycles. The van der Waals surface area contributed by atoms with Crippen LogP contribution in [0.1, 0.15) is 33.6 Å². The summed E-state index contributed by atoms with van der Waals surface area (Å²) in [5.74, 6) is 1.61. The van der Waals surface area contributed by atoms with Crippen molar-refractivity contribution in [3.8, 4) is 5.75 Å². The van der Waals surface area contributed by atoms with Crippen LogP contribution in [0.5, 0.6) is 5.75 Å². The van der Waals surface area contributed by atoms with Crippen LogP contribution in [0.25, 0.3) is 0 Å². The Balaban J connectivity index is 1.72. The van der Waals surface area contributed by atoms with E-state index in [9.17, 15) is 4.79 Å². The fraction of sp³-hybridized carbons (Fsp3) is 0.588. The molecule has 5 nitrogen and oxygen atoms in total. The van der Waals surface area contributed by atoms with Crippen LogP contribution < -0.4 is 15.4 Å². The van der Waals surface area contributed by atoms with Gasteiger partial charge in [-0.25, -0.2) is 4.79 Å². The highest BCUT2D eigenvalue weighted by atomic mass is 16.6. The van der Waals surface area contributed by atoms with Crippen LogP contribution in [-0.4, -0.2) is 31.4 Å². The van der Waals surface area contributed by atoms with Gasteiger partial charge in [0.2, 0.25) is 0 Å². The summed E-state index contributed by atoms with van der Waals surface area (Å²) in [4.78, 5) is 11.7. The third kappa shape index (κ3) is 6.80. The molecule has 1 saturated carbocycles. The van der Waals surface area contributed by atoms with E-state index in [1.807, 2.05) is 39.0 Å². The average Bonchev–Trinajstić information content (AvgIpc) is 3.20. The average molecular weight is 306 g/mol. The molecule has 122 valence electrons. The van der Waals surface area contributed by atoms with Crippen LogP contribution in [0.4, 0.5) is 10.5 Å². The van der Waals surface area contributed by atoms with Crippen molar-refractivity contribution in [2.75, 3.05) is 25.0 Å². The lowest BCUT2D eigenvalue weighted by Crippen LogP contribution is -2.27. The lowest BCUT2D eigenvalue weighted by Gasteiger charge is -2.19. The summed E-state index contributed by atoms with van der Waals surface area (Å²) in [5, 5.41) is 6.08. The highest BCUT2D eigenvalue weighted by Crippen LogP contribution is 2.27. The van der Waals surface area contributed by atoms with Gasteiger partial charge in [0.1, 0.15) is 18.0 Å². The maximum atomic E-state index is 11.7. The standard InChI is InChI=1S/C17H26N2O3/c1-17(2,3)22-16(20)19-14-5-4-6-15(11-14)21-10-9-18-12-13-7-8-13/h4-6,11,13,18H,7-10,12H2,1-3H3,(H,19,20). The first-order valence-corrected chi connectivity index (χ1v) is 7.86. The van der Waals surface area contributed by atoms with Gasteiger partial charge in [-0.2, -0.15) is 0 Å². The van der Waals surface area contributed by atoms with E-state index in [0.29, 0.717) is 12.3 Å². The summed E-state index contributed by atoms with van der Waals surface area (Å²) in [5.41, 5.74) is 0.156. The molecule has 1 fully saturated rings. The van der Waals surface area contributed by atoms with Gasteiger partial charge in [0.05, 0.1) is 0 Å². The van der Waals surface area contributed by atoms with Crippen molar-refractivity contribution in [2.24, 2.45) is 5.92 Å². The van der Waals surface area contributed by atoms with E-state index in [1.54, 1.807) is 6.07 Å². The normalized spacial score (nSPS) is 14.5. The Hall–Kier alpha value is -1.75. The molecule has 0 spiro atoms. The second-order valence-electron chi connectivity index (χ2n) is 6.65. The van der Waals surface area contributed by atoms with Crippen molar-refractivity contribution in [3.05, 3.63) is 24.3 Å². The van der Waals surface area contributed by atoms with Crippen molar-refractivity contribution >= 4 is 11.8 Å². The summed E-state index contributed by atoms with van der Waals surface area (Å²) < 4.78 is 10.9. The van der Waals surface area contributed by atoms with E-state index in [2.05, 4.69) is 10.6 Å². The van der Waals surface area contributed by atoms with Gasteiger partial charge in [0.25, 0.3) is 0 Å². The SMILES string of the molecule is CC(C)(C)OC(=O)Nc1cccc(OCCNCC2CC2)c1. The second kappa shape index (κ2) is 7.49. The van der Waals surface area contributed by atoms with E-state index in [0.717, 1.165) is 24.8 Å². The molecular formula is C17H26N2O3. The number of carbonyl (C=O) groups is 1. The quantitative estimate of drug-likeness (QED) is 0.758. The van der Waals surface area contributed by atoms with Crippen LogP contribution in [0, 0.1) is 5.92 Å². The molecule has 22 heavy (non-hydrogen) atoms. The van der Waals surface area contributed by atoms with Gasteiger partial charge in [0.15, 0.2) is 0 Å². The van der Waals surface area contributed by atoms with Crippen molar-refractivity contribution in [3.63, 3.8) is 0 Å². The van der Waals surface area contributed by atoms with E-state index in [1.165, 1.54) is 12.8 Å². The minimum Gasteiger partial charge on any atom is -0.492 e. The first-order chi connectivity index (χ1) is 10.4. The molecule has 0 aromatic heterocycles. The third-order valence-electron chi connectivity index (χ3n) is 3.16. The lowest BCUT2D eigenvalue weighted by atomic mass is 10.2. The Labute approximate surface area is 132 Å². The van der Waals surface area contributed by atoms with Gasteiger partial charge in [-0.3, -0.25) is 5.32 Å². The fourth-order valence-electron chi connectivity index (χ4n) is 1.95. The summed E-state index contributed by atoms with van der Waals surface area (Å²) >= 11 is 0. The Bertz CT molecular complexity index is 493. The molecule has 0 radical (unpaired) electrons. The molecule has 1 amide bonds. The van der Waals surface area contributed by atoms with Gasteiger partial charge in [0, 0.05) is 18.3 Å². The zero-order valence-electron chi connectivity index (χ0n) is 13.6. The minimum atomic E-state index is -0.509. The van der Waals surface area contributed by atoms with Gasteiger partial charge >= 0.3 is 6.09 Å². The van der Waals surface area contributed by atoms with E-state index >= 15 is 0 Å². The number of ether oxygens (including phenoxy) is 2. The third-order valence-corrected chi connectivity index (χ3v) is 3.16. The molecule has 0 saturated heterocycles. The molecular weight excluding hydrogens is 280 g/mol. The number of benzene rings is 1. The molecule has 5 heteroatoms. The number of carbonyl (C=O) groups excluding carboxylic acids is 1. The predicted octanol–water partition coefficient (Wildman–Crippen LogP) is 3.41. The first kappa shape index (κ1) is 16.6. The van der Waals surface area contributed by atoms with E-state index in [4.69, 9.17) is 9.47 Å². The van der Waals surface area contributed by atoms with Gasteiger partial charge in [-0.05, 0) is 58.2 Å². The summed E-state index contributed by atoms with van der Waals surface area (Å²) in [6.07, 6.45) is 2.24. The zero-order chi connectivity index (χ0) is 16.0. The highest BCUT2D eigenvalue weighted by Gasteiger charge is 2.20. The molecule has 1 aliphatic carbocycles. The van der Waals surface area contributed by atoms with E-state index < -0.39 is 11.7 Å². The number of rotatable bonds is 7. The Morgan fingerprint density at radius 1 is 1.32 bits per heavy atom. The van der Waals surface area contributed by atoms with Gasteiger partial charge in [-0.15, -0.1) is 0 Å². The summed E-state index contributed by atoms with van der Waals surface area (Å²) in [6.45, 7) is 8.04. The maximum Gasteiger partial charge on any atom is 0.412 e. The topological polar surface area (TPSA) is 59.6 Å². The Kier molecular flexibility index (Phi) is 5.66. The molecule has 0 unspecified atom stereocenters. The smallest absolute Gasteiger partial charge is 0.412 e. The first-order valence-electron chi connectivity index (χ1n) is 7.86. The Morgan fingerprint density at radius 3 is 2.77 bits per heavy atom. The molecule has 0 heterocycles. The summed E-state index contributed by atoms with van der Waals surface area (Å²) in [7, 11) is 0. The minimum absolute atomic E-state index is 0.462. The molecule has 0 aliphatic heterocycles. The number of nitrogens with one attached hydrogen (secondary N) is 2. The molecule has 2 N–H and O–H groups in total. The molecule has 1 aliphatic rings. The molecule has 2 rings (SSSR count). The van der Waals surface area contributed by atoms with Crippen LogP contribution in [0.2, 0.25) is 0 Å². The summed E-state index contributed by atoms with van der Waals surface area (Å²) in [6, 6.07) is 7.33. The van der Waals surface area contributed by atoms with Crippen LogP contribution >= 0.6 is 0 Å². The second-order valence-corrected chi connectivity index (χ2v) is 6.65. The fourth-order valence-corrected chi connectivity index (χ4v) is 1.95. The highest BCUT2D eigenvalue weighted by molar-refractivity contribution is 5.85. The van der Waals surface area contributed by atoms with Crippen molar-refractivity contribution in [2.45, 2.75) is 39.2 Å². The predicted molar refractivity (Wildman–Crippen MR) is 87.4 cm³/mol. The largest absolute Gasteiger partial charge is 0.492 e. The van der Waals surface area contributed by atoms with Crippen molar-refractivity contribution in [1.82, 2.24) is 5.32 Å². The van der Waals surface area contributed by atoms with Gasteiger partial charge < -0.3 is 14.8 Å². The van der Waals surface area contributed by atoms with Crippen LogP contribution in [0.15, 0.2) is 24.3 Å². The number of hydrogen-bond acceptors (Lipinski definition) is 4. The van der Waals surface area contributed by atoms with E-state index in [-0.39, 0.29) is 0 Å². The molecule has 1 aromatic rings. The Morgan fingerprint density at radius 2 is 2.09 bits per heavy atom. The zero-order valence-corrected chi connectivity index (χ0v) is 13.6. The van der Waals surface area contributed by atoms with Crippen LogP contribution in [0.3, 0.4) is 0 Å². The van der Waals surface area contributed by atoms with Crippen molar-refractivity contribution < 1.29 is 14.3 Å². The number of anilines is 1. The lowest BCUT2D eigenvalue weighted by molar-refractivity contribution is 0.0636. The monoisotopic (exact) mass is 306 g/mol. The van der Waals surface area contributed by atoms with Crippen molar-refractivity contribution in [1.29, 1.82) is 0 Å². The maximum absolute atomic E-state index is 11.7. The van der Waals surface area contributed by atoms with Crippen LogP contribution in [-0.2, 0) is 4.74 Å². The molecule has 0 bridgehead atoms. The number of hydrogen-bond donors (Lipinski definition) is 2.